The quantitative estimate of drug-likeness (QED) is 0.840. The van der Waals surface area contributed by atoms with Crippen molar-refractivity contribution in [1.29, 1.82) is 0 Å². The van der Waals surface area contributed by atoms with Gasteiger partial charge in [0.2, 0.25) is 5.56 Å². The number of carbonyl (C=O) groups excluding carboxylic acids is 1. The van der Waals surface area contributed by atoms with Crippen molar-refractivity contribution in [1.82, 2.24) is 14.8 Å². The summed E-state index contributed by atoms with van der Waals surface area (Å²) < 4.78 is 12.8. The molecule has 128 valence electrons. The van der Waals surface area contributed by atoms with E-state index in [0.29, 0.717) is 25.2 Å². The lowest BCUT2D eigenvalue weighted by Crippen LogP contribution is -2.48. The summed E-state index contributed by atoms with van der Waals surface area (Å²) in [4.78, 5) is 29.9. The summed E-state index contributed by atoms with van der Waals surface area (Å²) in [6.07, 6.45) is 1.45. The van der Waals surface area contributed by atoms with Crippen LogP contribution in [0.25, 0.3) is 0 Å². The summed E-state index contributed by atoms with van der Waals surface area (Å²) in [5.74, 6) is 5.75. The summed E-state index contributed by atoms with van der Waals surface area (Å²) in [6.45, 7) is 3.34. The van der Waals surface area contributed by atoms with Gasteiger partial charge in [0.25, 0.3) is 5.91 Å². The van der Waals surface area contributed by atoms with E-state index in [2.05, 4.69) is 21.7 Å². The number of hydrogen-bond donors (Lipinski definition) is 1. The first-order chi connectivity index (χ1) is 12.1. The van der Waals surface area contributed by atoms with Crippen LogP contribution in [0.3, 0.4) is 0 Å². The van der Waals surface area contributed by atoms with Gasteiger partial charge in [-0.05, 0) is 30.3 Å². The van der Waals surface area contributed by atoms with Gasteiger partial charge in [-0.25, -0.2) is 4.39 Å². The average molecular weight is 339 g/mol. The fourth-order valence-corrected chi connectivity index (χ4v) is 2.62. The largest absolute Gasteiger partial charge is 0.336 e. The van der Waals surface area contributed by atoms with Crippen molar-refractivity contribution in [3.63, 3.8) is 0 Å². The van der Waals surface area contributed by atoms with Gasteiger partial charge in [0.1, 0.15) is 5.82 Å². The van der Waals surface area contributed by atoms with Crippen LogP contribution in [0.5, 0.6) is 0 Å². The lowest BCUT2D eigenvalue weighted by atomic mass is 10.2. The lowest BCUT2D eigenvalue weighted by molar-refractivity contribution is 0.0651. The van der Waals surface area contributed by atoms with Crippen LogP contribution in [0.1, 0.15) is 15.9 Å². The Morgan fingerprint density at radius 2 is 1.80 bits per heavy atom. The molecule has 1 fully saturated rings. The van der Waals surface area contributed by atoms with Gasteiger partial charge in [-0.3, -0.25) is 14.5 Å². The van der Waals surface area contributed by atoms with Crippen LogP contribution in [-0.4, -0.2) is 53.4 Å². The zero-order valence-corrected chi connectivity index (χ0v) is 13.7. The van der Waals surface area contributed by atoms with E-state index >= 15 is 0 Å². The maximum atomic E-state index is 12.8. The van der Waals surface area contributed by atoms with E-state index in [0.717, 1.165) is 18.7 Å². The van der Waals surface area contributed by atoms with E-state index in [1.165, 1.54) is 24.4 Å². The predicted octanol–water partition coefficient (Wildman–Crippen LogP) is 1.32. The van der Waals surface area contributed by atoms with Gasteiger partial charge in [0.15, 0.2) is 0 Å². The molecular formula is C19H18FN3O2. The molecule has 0 spiro atoms. The molecule has 1 N–H and O–H groups in total. The van der Waals surface area contributed by atoms with E-state index in [-0.39, 0.29) is 17.3 Å². The SMILES string of the molecule is O=C(c1ccc(=O)[nH]c1)N1CCN(CC#Cc2ccc(F)cc2)CC1. The van der Waals surface area contributed by atoms with Crippen molar-refractivity contribution in [3.05, 3.63) is 69.9 Å². The number of H-pyrrole nitrogens is 1. The molecule has 0 saturated carbocycles. The van der Waals surface area contributed by atoms with Crippen molar-refractivity contribution < 1.29 is 9.18 Å². The minimum absolute atomic E-state index is 0.0757. The Kier molecular flexibility index (Phi) is 5.26. The molecule has 1 amide bonds. The number of aromatic nitrogens is 1. The number of nitrogens with one attached hydrogen (secondary N) is 1. The van der Waals surface area contributed by atoms with Gasteiger partial charge in [0, 0.05) is 44.0 Å². The molecule has 1 aliphatic rings. The summed E-state index contributed by atoms with van der Waals surface area (Å²) in [5, 5.41) is 0. The number of rotatable bonds is 2. The Morgan fingerprint density at radius 1 is 1.08 bits per heavy atom. The van der Waals surface area contributed by atoms with Crippen molar-refractivity contribution >= 4 is 5.91 Å². The number of benzene rings is 1. The molecule has 3 rings (SSSR count). The van der Waals surface area contributed by atoms with Crippen LogP contribution < -0.4 is 5.56 Å². The number of amides is 1. The van der Waals surface area contributed by atoms with Gasteiger partial charge >= 0.3 is 0 Å². The molecule has 25 heavy (non-hydrogen) atoms. The fourth-order valence-electron chi connectivity index (χ4n) is 2.62. The topological polar surface area (TPSA) is 56.4 Å². The van der Waals surface area contributed by atoms with E-state index < -0.39 is 0 Å². The van der Waals surface area contributed by atoms with Crippen LogP contribution in [0.4, 0.5) is 4.39 Å². The number of pyridine rings is 1. The first-order valence-corrected chi connectivity index (χ1v) is 8.06. The minimum atomic E-state index is -0.270. The van der Waals surface area contributed by atoms with Gasteiger partial charge in [0.05, 0.1) is 12.1 Å². The van der Waals surface area contributed by atoms with Crippen molar-refractivity contribution in [2.75, 3.05) is 32.7 Å². The standard InChI is InChI=1S/C19H18FN3O2/c20-17-6-3-15(4-7-17)2-1-9-22-10-12-23(13-11-22)19(25)16-5-8-18(24)21-14-16/h3-8,14H,9-13H2,(H,21,24). The fraction of sp³-hybridized carbons (Fsp3) is 0.263. The highest BCUT2D eigenvalue weighted by Crippen LogP contribution is 2.07. The Balaban J connectivity index is 1.50. The summed E-state index contributed by atoms with van der Waals surface area (Å²) in [7, 11) is 0. The van der Waals surface area contributed by atoms with E-state index in [1.54, 1.807) is 23.1 Å². The highest BCUT2D eigenvalue weighted by molar-refractivity contribution is 5.93. The van der Waals surface area contributed by atoms with Crippen LogP contribution >= 0.6 is 0 Å². The monoisotopic (exact) mass is 339 g/mol. The third-order valence-electron chi connectivity index (χ3n) is 4.07. The Labute approximate surface area is 145 Å². The number of hydrogen-bond acceptors (Lipinski definition) is 3. The third kappa shape index (κ3) is 4.55. The number of nitrogens with zero attached hydrogens (tertiary/aromatic N) is 2. The van der Waals surface area contributed by atoms with Crippen LogP contribution in [-0.2, 0) is 0 Å². The molecule has 1 saturated heterocycles. The maximum Gasteiger partial charge on any atom is 0.255 e. The lowest BCUT2D eigenvalue weighted by Gasteiger charge is -2.33. The van der Waals surface area contributed by atoms with Crippen molar-refractivity contribution in [3.8, 4) is 11.8 Å². The average Bonchev–Trinajstić information content (AvgIpc) is 2.64. The van der Waals surface area contributed by atoms with Crippen LogP contribution in [0.15, 0.2) is 47.4 Å². The molecule has 2 aromatic rings. The molecule has 0 atom stereocenters. The molecule has 6 heteroatoms. The Bertz CT molecular complexity index is 836. The number of piperazine rings is 1. The molecule has 0 unspecified atom stereocenters. The van der Waals surface area contributed by atoms with E-state index in [1.807, 2.05) is 0 Å². The molecule has 5 nitrogen and oxygen atoms in total. The Hall–Kier alpha value is -2.91. The molecular weight excluding hydrogens is 321 g/mol. The second kappa shape index (κ2) is 7.77. The third-order valence-corrected chi connectivity index (χ3v) is 4.07. The Morgan fingerprint density at radius 3 is 2.44 bits per heavy atom. The molecule has 1 aliphatic heterocycles. The second-order valence-corrected chi connectivity index (χ2v) is 5.82. The summed E-state index contributed by atoms with van der Waals surface area (Å²) in [5.41, 5.74) is 1.05. The molecule has 1 aromatic carbocycles. The smallest absolute Gasteiger partial charge is 0.255 e. The maximum absolute atomic E-state index is 12.8. The van der Waals surface area contributed by atoms with Crippen molar-refractivity contribution in [2.45, 2.75) is 0 Å². The number of aromatic amines is 1. The first kappa shape index (κ1) is 16.9. The minimum Gasteiger partial charge on any atom is -0.336 e. The predicted molar refractivity (Wildman–Crippen MR) is 92.7 cm³/mol. The van der Waals surface area contributed by atoms with Crippen LogP contribution in [0, 0.1) is 17.7 Å². The normalized spacial score (nSPS) is 14.7. The molecule has 2 heterocycles. The zero-order chi connectivity index (χ0) is 17.6. The highest BCUT2D eigenvalue weighted by Gasteiger charge is 2.21. The van der Waals surface area contributed by atoms with E-state index in [9.17, 15) is 14.0 Å². The van der Waals surface area contributed by atoms with Gasteiger partial charge in [-0.15, -0.1) is 0 Å². The van der Waals surface area contributed by atoms with Gasteiger partial charge in [-0.1, -0.05) is 11.8 Å². The number of carbonyl (C=O) groups is 1. The molecule has 0 aliphatic carbocycles. The number of halogens is 1. The van der Waals surface area contributed by atoms with Gasteiger partial charge < -0.3 is 9.88 Å². The summed E-state index contributed by atoms with van der Waals surface area (Å²) >= 11 is 0. The van der Waals surface area contributed by atoms with E-state index in [4.69, 9.17) is 0 Å². The summed E-state index contributed by atoms with van der Waals surface area (Å²) in [6, 6.07) is 9.00. The van der Waals surface area contributed by atoms with Gasteiger partial charge in [-0.2, -0.15) is 0 Å². The second-order valence-electron chi connectivity index (χ2n) is 5.82. The zero-order valence-electron chi connectivity index (χ0n) is 13.7. The highest BCUT2D eigenvalue weighted by atomic mass is 19.1. The first-order valence-electron chi connectivity index (χ1n) is 8.06. The molecule has 0 bridgehead atoms. The van der Waals surface area contributed by atoms with Crippen LogP contribution in [0.2, 0.25) is 0 Å². The van der Waals surface area contributed by atoms with Crippen molar-refractivity contribution in [2.24, 2.45) is 0 Å². The molecule has 0 radical (unpaired) electrons. The molecule has 1 aromatic heterocycles.